The molecule has 1 aliphatic carbocycles. The van der Waals surface area contributed by atoms with Gasteiger partial charge in [-0.25, -0.2) is 4.68 Å². The number of aryl methyl sites for hydroxylation is 1. The largest absolute Gasteiger partial charge is 0.374 e. The fraction of sp³-hybridized carbons (Fsp3) is 0.467. The molecule has 0 spiro atoms. The van der Waals surface area contributed by atoms with E-state index in [4.69, 9.17) is 11.6 Å². The topological polar surface area (TPSA) is 46.9 Å². The zero-order chi connectivity index (χ0) is 14.8. The van der Waals surface area contributed by atoms with Crippen LogP contribution >= 0.6 is 22.9 Å². The molecule has 0 radical (unpaired) electrons. The predicted octanol–water partition coefficient (Wildman–Crippen LogP) is 3.54. The van der Waals surface area contributed by atoms with Gasteiger partial charge in [-0.05, 0) is 37.3 Å². The SMILES string of the molecule is CCc1ccc(CNc2c(Cl)cnn(CC3CC3)c2=O)s1. The number of halogens is 1. The molecule has 0 aliphatic heterocycles. The summed E-state index contributed by atoms with van der Waals surface area (Å²) in [7, 11) is 0. The standard InChI is InChI=1S/C15H18ClN3OS/c1-2-11-5-6-12(21-11)7-17-14-13(16)8-18-19(15(14)20)9-10-3-4-10/h5-6,8,10,17H,2-4,7,9H2,1H3. The molecule has 1 aliphatic rings. The summed E-state index contributed by atoms with van der Waals surface area (Å²) in [5.74, 6) is 0.605. The maximum atomic E-state index is 12.4. The van der Waals surface area contributed by atoms with Gasteiger partial charge in [-0.3, -0.25) is 4.79 Å². The first kappa shape index (κ1) is 14.6. The third kappa shape index (κ3) is 3.47. The second kappa shape index (κ2) is 6.20. The number of rotatable bonds is 6. The number of thiophene rings is 1. The van der Waals surface area contributed by atoms with Gasteiger partial charge in [0.25, 0.3) is 5.56 Å². The Labute approximate surface area is 132 Å². The zero-order valence-corrected chi connectivity index (χ0v) is 13.5. The highest BCUT2D eigenvalue weighted by Gasteiger charge is 2.23. The van der Waals surface area contributed by atoms with Crippen LogP contribution in [0.15, 0.2) is 23.1 Å². The van der Waals surface area contributed by atoms with Crippen molar-refractivity contribution in [1.29, 1.82) is 0 Å². The minimum absolute atomic E-state index is 0.123. The Morgan fingerprint density at radius 1 is 1.43 bits per heavy atom. The first-order valence-corrected chi connectivity index (χ1v) is 8.44. The average Bonchev–Trinajstić information content (AvgIpc) is 3.18. The van der Waals surface area contributed by atoms with Gasteiger partial charge >= 0.3 is 0 Å². The van der Waals surface area contributed by atoms with E-state index in [1.165, 1.54) is 27.3 Å². The van der Waals surface area contributed by atoms with Crippen LogP contribution in [0.4, 0.5) is 5.69 Å². The Balaban J connectivity index is 1.75. The van der Waals surface area contributed by atoms with Crippen molar-refractivity contribution in [2.75, 3.05) is 5.32 Å². The van der Waals surface area contributed by atoms with Gasteiger partial charge in [0.15, 0.2) is 0 Å². The van der Waals surface area contributed by atoms with Crippen molar-refractivity contribution in [3.05, 3.63) is 43.5 Å². The van der Waals surface area contributed by atoms with Gasteiger partial charge < -0.3 is 5.32 Å². The fourth-order valence-corrected chi connectivity index (χ4v) is 3.28. The number of hydrogen-bond donors (Lipinski definition) is 1. The molecule has 2 heterocycles. The van der Waals surface area contributed by atoms with Crippen LogP contribution in [0.2, 0.25) is 5.02 Å². The lowest BCUT2D eigenvalue weighted by molar-refractivity contribution is 0.534. The van der Waals surface area contributed by atoms with E-state index in [9.17, 15) is 4.79 Å². The molecule has 1 saturated carbocycles. The minimum Gasteiger partial charge on any atom is -0.374 e. The molecule has 1 N–H and O–H groups in total. The second-order valence-corrected chi connectivity index (χ2v) is 7.03. The molecule has 3 rings (SSSR count). The Morgan fingerprint density at radius 2 is 2.19 bits per heavy atom. The van der Waals surface area contributed by atoms with Crippen molar-refractivity contribution in [3.63, 3.8) is 0 Å². The molecule has 0 unspecified atom stereocenters. The Kier molecular flexibility index (Phi) is 4.31. The summed E-state index contributed by atoms with van der Waals surface area (Å²) in [6.07, 6.45) is 4.97. The van der Waals surface area contributed by atoms with E-state index in [-0.39, 0.29) is 5.56 Å². The molecular weight excluding hydrogens is 306 g/mol. The average molecular weight is 324 g/mol. The highest BCUT2D eigenvalue weighted by molar-refractivity contribution is 7.12. The third-order valence-corrected chi connectivity index (χ3v) is 5.15. The van der Waals surface area contributed by atoms with Crippen molar-refractivity contribution in [2.24, 2.45) is 5.92 Å². The molecule has 0 amide bonds. The smallest absolute Gasteiger partial charge is 0.291 e. The molecule has 0 atom stereocenters. The Hall–Kier alpha value is -1.33. The van der Waals surface area contributed by atoms with Crippen LogP contribution in [0.5, 0.6) is 0 Å². The van der Waals surface area contributed by atoms with Gasteiger partial charge in [-0.15, -0.1) is 11.3 Å². The lowest BCUT2D eigenvalue weighted by Crippen LogP contribution is -2.26. The van der Waals surface area contributed by atoms with Crippen LogP contribution in [0.1, 0.15) is 29.5 Å². The van der Waals surface area contributed by atoms with E-state index < -0.39 is 0 Å². The Morgan fingerprint density at radius 3 is 2.86 bits per heavy atom. The van der Waals surface area contributed by atoms with Crippen molar-refractivity contribution < 1.29 is 0 Å². The van der Waals surface area contributed by atoms with Crippen LogP contribution in [0.3, 0.4) is 0 Å². The van der Waals surface area contributed by atoms with Gasteiger partial charge in [0.05, 0.1) is 11.2 Å². The van der Waals surface area contributed by atoms with Crippen LogP contribution in [-0.4, -0.2) is 9.78 Å². The first-order valence-electron chi connectivity index (χ1n) is 7.24. The van der Waals surface area contributed by atoms with Crippen LogP contribution in [0, 0.1) is 5.92 Å². The molecule has 2 aromatic rings. The van der Waals surface area contributed by atoms with Gasteiger partial charge in [0, 0.05) is 22.8 Å². The number of nitrogens with one attached hydrogen (secondary N) is 1. The molecule has 21 heavy (non-hydrogen) atoms. The monoisotopic (exact) mass is 323 g/mol. The molecule has 0 saturated heterocycles. The highest BCUT2D eigenvalue weighted by atomic mass is 35.5. The maximum absolute atomic E-state index is 12.4. The van der Waals surface area contributed by atoms with Gasteiger partial charge in [0.1, 0.15) is 5.69 Å². The van der Waals surface area contributed by atoms with E-state index in [0.29, 0.717) is 29.7 Å². The van der Waals surface area contributed by atoms with E-state index in [1.807, 2.05) is 0 Å². The molecular formula is C15H18ClN3OS. The van der Waals surface area contributed by atoms with Crippen molar-refractivity contribution >= 4 is 28.6 Å². The molecule has 0 aromatic carbocycles. The molecule has 2 aromatic heterocycles. The molecule has 4 nitrogen and oxygen atoms in total. The van der Waals surface area contributed by atoms with E-state index >= 15 is 0 Å². The van der Waals surface area contributed by atoms with Gasteiger partial charge in [0.2, 0.25) is 0 Å². The molecule has 1 fully saturated rings. The van der Waals surface area contributed by atoms with Gasteiger partial charge in [-0.1, -0.05) is 18.5 Å². The normalized spacial score (nSPS) is 14.4. The number of aromatic nitrogens is 2. The summed E-state index contributed by atoms with van der Waals surface area (Å²) in [6, 6.07) is 4.22. The van der Waals surface area contributed by atoms with Gasteiger partial charge in [-0.2, -0.15) is 5.10 Å². The predicted molar refractivity (Wildman–Crippen MR) is 87.3 cm³/mol. The molecule has 6 heteroatoms. The third-order valence-electron chi connectivity index (χ3n) is 3.63. The summed E-state index contributed by atoms with van der Waals surface area (Å²) in [6.45, 7) is 3.45. The van der Waals surface area contributed by atoms with E-state index in [2.05, 4.69) is 29.5 Å². The quantitative estimate of drug-likeness (QED) is 0.884. The molecule has 0 bridgehead atoms. The fourth-order valence-electron chi connectivity index (χ4n) is 2.19. The summed E-state index contributed by atoms with van der Waals surface area (Å²) in [5.41, 5.74) is 0.334. The summed E-state index contributed by atoms with van der Waals surface area (Å²) < 4.78 is 1.53. The molecule has 112 valence electrons. The number of anilines is 1. The van der Waals surface area contributed by atoms with Crippen LogP contribution in [-0.2, 0) is 19.5 Å². The Bertz CT molecular complexity index is 690. The van der Waals surface area contributed by atoms with Crippen LogP contribution < -0.4 is 10.9 Å². The highest BCUT2D eigenvalue weighted by Crippen LogP contribution is 2.30. The van der Waals surface area contributed by atoms with Crippen molar-refractivity contribution in [1.82, 2.24) is 9.78 Å². The van der Waals surface area contributed by atoms with E-state index in [0.717, 1.165) is 6.42 Å². The van der Waals surface area contributed by atoms with Crippen LogP contribution in [0.25, 0.3) is 0 Å². The number of nitrogens with zero attached hydrogens (tertiary/aromatic N) is 2. The maximum Gasteiger partial charge on any atom is 0.291 e. The zero-order valence-electron chi connectivity index (χ0n) is 11.9. The summed E-state index contributed by atoms with van der Waals surface area (Å²) in [4.78, 5) is 14.9. The number of hydrogen-bond acceptors (Lipinski definition) is 4. The second-order valence-electron chi connectivity index (χ2n) is 5.37. The summed E-state index contributed by atoms with van der Waals surface area (Å²) >= 11 is 7.88. The summed E-state index contributed by atoms with van der Waals surface area (Å²) in [5, 5.41) is 7.69. The first-order chi connectivity index (χ1) is 10.2. The lowest BCUT2D eigenvalue weighted by atomic mass is 10.3. The van der Waals surface area contributed by atoms with E-state index in [1.54, 1.807) is 17.5 Å². The van der Waals surface area contributed by atoms with Crippen molar-refractivity contribution in [3.8, 4) is 0 Å². The lowest BCUT2D eigenvalue weighted by Gasteiger charge is -2.09. The minimum atomic E-state index is -0.123. The van der Waals surface area contributed by atoms with Crippen molar-refractivity contribution in [2.45, 2.75) is 39.3 Å².